The second-order valence-electron chi connectivity index (χ2n) is 3.09. The maximum Gasteiger partial charge on any atom is 0.363 e. The molecule has 1 rings (SSSR count). The largest absolute Gasteiger partial charge is 0.376 e. The Morgan fingerprint density at radius 3 is 2.35 bits per heavy atom. The molecular formula is C9H12NO6P. The first-order valence-corrected chi connectivity index (χ1v) is 6.20. The highest BCUT2D eigenvalue weighted by Crippen LogP contribution is 2.59. The summed E-state index contributed by atoms with van der Waals surface area (Å²) in [6, 6.07) is 5.43. The quantitative estimate of drug-likeness (QED) is 0.494. The van der Waals surface area contributed by atoms with E-state index in [0.29, 0.717) is 0 Å². The third kappa shape index (κ3) is 2.70. The second-order valence-corrected chi connectivity index (χ2v) is 5.39. The van der Waals surface area contributed by atoms with Crippen molar-refractivity contribution in [3.63, 3.8) is 0 Å². The Hall–Kier alpha value is -1.27. The van der Waals surface area contributed by atoms with Gasteiger partial charge in [0.25, 0.3) is 5.69 Å². The van der Waals surface area contributed by atoms with Crippen molar-refractivity contribution in [3.8, 4) is 0 Å². The number of nitrogens with zero attached hydrogens (tertiary/aromatic N) is 1. The van der Waals surface area contributed by atoms with E-state index >= 15 is 0 Å². The van der Waals surface area contributed by atoms with Crippen molar-refractivity contribution in [2.24, 2.45) is 0 Å². The van der Waals surface area contributed by atoms with E-state index in [0.717, 1.165) is 14.2 Å². The van der Waals surface area contributed by atoms with Gasteiger partial charge >= 0.3 is 7.60 Å². The van der Waals surface area contributed by atoms with Crippen LogP contribution in [0.2, 0.25) is 0 Å². The standard InChI is InChI=1S/C9H12NO6P/c1-15-17(14,16-2)9(11)7-5-3-4-6-8(7)10(12)13/h3-6,9,11H,1-2H3/t9-/m1/s1. The summed E-state index contributed by atoms with van der Waals surface area (Å²) in [5, 5.41) is 20.6. The van der Waals surface area contributed by atoms with E-state index in [2.05, 4.69) is 9.05 Å². The fourth-order valence-electron chi connectivity index (χ4n) is 1.32. The molecule has 17 heavy (non-hydrogen) atoms. The van der Waals surface area contributed by atoms with Crippen LogP contribution in [0.15, 0.2) is 24.3 Å². The van der Waals surface area contributed by atoms with E-state index in [9.17, 15) is 19.8 Å². The van der Waals surface area contributed by atoms with Crippen molar-refractivity contribution in [2.45, 2.75) is 5.85 Å². The minimum Gasteiger partial charge on any atom is -0.376 e. The van der Waals surface area contributed by atoms with E-state index in [-0.39, 0.29) is 11.3 Å². The number of para-hydroxylation sites is 1. The summed E-state index contributed by atoms with van der Waals surface area (Å²) >= 11 is 0. The molecule has 7 nitrogen and oxygen atoms in total. The van der Waals surface area contributed by atoms with Gasteiger partial charge < -0.3 is 14.2 Å². The number of hydrogen-bond donors (Lipinski definition) is 1. The number of nitro groups is 1. The molecule has 0 radical (unpaired) electrons. The lowest BCUT2D eigenvalue weighted by Crippen LogP contribution is -2.05. The molecule has 1 atom stereocenters. The van der Waals surface area contributed by atoms with E-state index in [4.69, 9.17) is 0 Å². The van der Waals surface area contributed by atoms with Crippen molar-refractivity contribution in [2.75, 3.05) is 14.2 Å². The third-order valence-electron chi connectivity index (χ3n) is 2.22. The van der Waals surface area contributed by atoms with Crippen LogP contribution in [-0.4, -0.2) is 24.2 Å². The SMILES string of the molecule is COP(=O)(OC)[C@@H](O)c1ccccc1[N+](=O)[O-]. The molecule has 0 unspecified atom stereocenters. The van der Waals surface area contributed by atoms with Crippen LogP contribution in [0.3, 0.4) is 0 Å². The molecule has 0 amide bonds. The first kappa shape index (κ1) is 13.8. The molecule has 0 bridgehead atoms. The van der Waals surface area contributed by atoms with E-state index in [1.807, 2.05) is 0 Å². The minimum atomic E-state index is -3.81. The molecule has 0 aliphatic rings. The molecule has 0 saturated carbocycles. The lowest BCUT2D eigenvalue weighted by atomic mass is 10.2. The van der Waals surface area contributed by atoms with Gasteiger partial charge in [0.05, 0.1) is 10.5 Å². The van der Waals surface area contributed by atoms with Crippen molar-refractivity contribution >= 4 is 13.3 Å². The Morgan fingerprint density at radius 1 is 1.35 bits per heavy atom. The van der Waals surface area contributed by atoms with Gasteiger partial charge in [-0.1, -0.05) is 12.1 Å². The van der Waals surface area contributed by atoms with Crippen LogP contribution in [-0.2, 0) is 13.6 Å². The maximum atomic E-state index is 11.9. The predicted molar refractivity (Wildman–Crippen MR) is 59.7 cm³/mol. The highest BCUT2D eigenvalue weighted by molar-refractivity contribution is 7.54. The molecule has 0 fully saturated rings. The summed E-state index contributed by atoms with van der Waals surface area (Å²) in [4.78, 5) is 10.1. The fourth-order valence-corrected chi connectivity index (χ4v) is 2.42. The normalized spacial score (nSPS) is 13.4. The van der Waals surface area contributed by atoms with Crippen LogP contribution in [0, 0.1) is 10.1 Å². The molecule has 0 spiro atoms. The lowest BCUT2D eigenvalue weighted by molar-refractivity contribution is -0.386. The van der Waals surface area contributed by atoms with Gasteiger partial charge in [-0.15, -0.1) is 0 Å². The topological polar surface area (TPSA) is 98.9 Å². The Balaban J connectivity index is 3.25. The molecule has 0 saturated heterocycles. The monoisotopic (exact) mass is 261 g/mol. The van der Waals surface area contributed by atoms with Crippen LogP contribution < -0.4 is 0 Å². The number of aliphatic hydroxyl groups excluding tert-OH is 1. The molecule has 8 heteroatoms. The van der Waals surface area contributed by atoms with E-state index in [1.165, 1.54) is 24.3 Å². The number of aliphatic hydroxyl groups is 1. The van der Waals surface area contributed by atoms with E-state index < -0.39 is 18.4 Å². The first-order chi connectivity index (χ1) is 7.96. The molecule has 0 aromatic heterocycles. The zero-order valence-electron chi connectivity index (χ0n) is 9.27. The number of nitro benzene ring substituents is 1. The van der Waals surface area contributed by atoms with Crippen molar-refractivity contribution in [1.29, 1.82) is 0 Å². The zero-order chi connectivity index (χ0) is 13.1. The van der Waals surface area contributed by atoms with Gasteiger partial charge in [-0.2, -0.15) is 0 Å². The molecule has 1 aromatic carbocycles. The number of hydrogen-bond acceptors (Lipinski definition) is 6. The van der Waals surface area contributed by atoms with Crippen LogP contribution in [0.4, 0.5) is 5.69 Å². The zero-order valence-corrected chi connectivity index (χ0v) is 10.2. The second kappa shape index (κ2) is 5.37. The van der Waals surface area contributed by atoms with Crippen molar-refractivity contribution in [3.05, 3.63) is 39.9 Å². The number of rotatable bonds is 5. The van der Waals surface area contributed by atoms with Gasteiger partial charge in [0, 0.05) is 20.3 Å². The number of benzene rings is 1. The Kier molecular flexibility index (Phi) is 4.36. The molecular weight excluding hydrogens is 249 g/mol. The first-order valence-electron chi connectivity index (χ1n) is 4.59. The summed E-state index contributed by atoms with van der Waals surface area (Å²) in [5.41, 5.74) is -0.446. The predicted octanol–water partition coefficient (Wildman–Crippen LogP) is 2.07. The summed E-state index contributed by atoms with van der Waals surface area (Å²) in [6.45, 7) is 0. The van der Waals surface area contributed by atoms with Gasteiger partial charge in [-0.05, 0) is 6.07 Å². The Labute approximate surface area is 97.7 Å². The van der Waals surface area contributed by atoms with Gasteiger partial charge in [0.1, 0.15) is 0 Å². The van der Waals surface area contributed by atoms with Gasteiger partial charge in [-0.3, -0.25) is 14.7 Å². The van der Waals surface area contributed by atoms with Crippen molar-refractivity contribution in [1.82, 2.24) is 0 Å². The van der Waals surface area contributed by atoms with Gasteiger partial charge in [-0.25, -0.2) is 0 Å². The van der Waals surface area contributed by atoms with E-state index in [1.54, 1.807) is 0 Å². The van der Waals surface area contributed by atoms with Gasteiger partial charge in [0.2, 0.25) is 0 Å². The molecule has 0 aliphatic carbocycles. The van der Waals surface area contributed by atoms with Crippen molar-refractivity contribution < 1.29 is 23.6 Å². The molecule has 94 valence electrons. The third-order valence-corrected chi connectivity index (χ3v) is 4.12. The van der Waals surface area contributed by atoms with Crippen LogP contribution >= 0.6 is 7.60 Å². The highest BCUT2D eigenvalue weighted by atomic mass is 31.2. The average Bonchev–Trinajstić information content (AvgIpc) is 2.36. The van der Waals surface area contributed by atoms with Crippen LogP contribution in [0.5, 0.6) is 0 Å². The van der Waals surface area contributed by atoms with Gasteiger partial charge in [0.15, 0.2) is 5.85 Å². The highest BCUT2D eigenvalue weighted by Gasteiger charge is 2.37. The lowest BCUT2D eigenvalue weighted by Gasteiger charge is -2.19. The van der Waals surface area contributed by atoms with Crippen LogP contribution in [0.25, 0.3) is 0 Å². The Morgan fingerprint density at radius 2 is 1.88 bits per heavy atom. The molecule has 1 N–H and O–H groups in total. The maximum absolute atomic E-state index is 11.9. The smallest absolute Gasteiger partial charge is 0.363 e. The fraction of sp³-hybridized carbons (Fsp3) is 0.333. The summed E-state index contributed by atoms with van der Waals surface area (Å²) in [6.07, 6.45) is 0. The average molecular weight is 261 g/mol. The molecule has 0 heterocycles. The summed E-state index contributed by atoms with van der Waals surface area (Å²) < 4.78 is 21.1. The van der Waals surface area contributed by atoms with Crippen LogP contribution in [0.1, 0.15) is 11.4 Å². The summed E-state index contributed by atoms with van der Waals surface area (Å²) in [7, 11) is -1.61. The molecule has 1 aromatic rings. The Bertz CT molecular complexity index is 455. The summed E-state index contributed by atoms with van der Waals surface area (Å²) in [5.74, 6) is -1.70. The minimum absolute atomic E-state index is 0.107. The molecule has 0 aliphatic heterocycles.